The van der Waals surface area contributed by atoms with Gasteiger partial charge < -0.3 is 10.3 Å². The molecule has 0 radical (unpaired) electrons. The minimum Gasteiger partial charge on any atom is -0.353 e. The molecule has 5 aromatic heterocycles. The Balaban J connectivity index is 1.37. The molecular formula is C28H23FN6OS. The van der Waals surface area contributed by atoms with Crippen molar-refractivity contribution in [3.8, 4) is 33.1 Å². The Hall–Kier alpha value is -4.37. The first-order valence-electron chi connectivity index (χ1n) is 12.1. The van der Waals surface area contributed by atoms with Crippen LogP contribution >= 0.6 is 11.3 Å². The van der Waals surface area contributed by atoms with Gasteiger partial charge in [-0.2, -0.15) is 9.49 Å². The summed E-state index contributed by atoms with van der Waals surface area (Å²) in [5.74, 6) is -0.0233. The van der Waals surface area contributed by atoms with E-state index in [-0.39, 0.29) is 11.0 Å². The maximum Gasteiger partial charge on any atom is 0.224 e. The van der Waals surface area contributed by atoms with Gasteiger partial charge in [0.1, 0.15) is 11.2 Å². The topological polar surface area (TPSA) is 99.4 Å². The van der Waals surface area contributed by atoms with Crippen LogP contribution in [0.2, 0.25) is 0 Å². The molecule has 0 saturated carbocycles. The number of carbonyl (C=O) groups is 1. The smallest absolute Gasteiger partial charge is 0.224 e. The van der Waals surface area contributed by atoms with E-state index in [1.807, 2.05) is 42.5 Å². The number of rotatable bonds is 7. The molecule has 0 unspecified atom stereocenters. The van der Waals surface area contributed by atoms with Crippen LogP contribution in [0.5, 0.6) is 0 Å². The number of hydrogen-bond donors (Lipinski definition) is 3. The highest BCUT2D eigenvalue weighted by Crippen LogP contribution is 2.36. The fourth-order valence-electron chi connectivity index (χ4n) is 4.41. The van der Waals surface area contributed by atoms with Gasteiger partial charge in [-0.15, -0.1) is 11.3 Å². The fraction of sp³-hybridized carbons (Fsp3) is 0.143. The Kier molecular flexibility index (Phi) is 5.97. The third kappa shape index (κ3) is 4.49. The number of anilines is 1. The molecule has 1 aromatic carbocycles. The summed E-state index contributed by atoms with van der Waals surface area (Å²) in [6.45, 7) is 2.06. The molecule has 0 atom stereocenters. The number of pyridine rings is 2. The lowest BCUT2D eigenvalue weighted by Gasteiger charge is -2.07. The number of hydrogen-bond acceptors (Lipinski definition) is 5. The number of nitrogens with zero attached hydrogens (tertiary/aromatic N) is 3. The van der Waals surface area contributed by atoms with E-state index in [0.29, 0.717) is 23.3 Å². The standard InChI is InChI=1S/C28H23FN6OS/c1-2-3-7-26(36)31-17-12-16(14-30-15-17)20-8-9-22-27(33-20)28(35-34-22)23-13-19-18(5-4-6-21(19)32-23)24-10-11-25(29)37-24/h4-6,8-15,32H,2-3,7H2,1H3,(H,31,36)(H,34,35). The molecule has 0 bridgehead atoms. The van der Waals surface area contributed by atoms with E-state index < -0.39 is 0 Å². The van der Waals surface area contributed by atoms with Gasteiger partial charge in [-0.1, -0.05) is 25.5 Å². The first kappa shape index (κ1) is 23.1. The molecule has 0 aliphatic rings. The summed E-state index contributed by atoms with van der Waals surface area (Å²) in [5, 5.41) is 11.3. The maximum absolute atomic E-state index is 13.7. The summed E-state index contributed by atoms with van der Waals surface area (Å²) < 4.78 is 13.7. The van der Waals surface area contributed by atoms with E-state index in [0.717, 1.165) is 68.0 Å². The lowest BCUT2D eigenvalue weighted by atomic mass is 10.1. The molecule has 0 fully saturated rings. The number of fused-ring (bicyclic) bond motifs is 2. The minimum atomic E-state index is -0.211. The zero-order chi connectivity index (χ0) is 25.4. The third-order valence-electron chi connectivity index (χ3n) is 6.24. The van der Waals surface area contributed by atoms with E-state index in [1.165, 1.54) is 6.07 Å². The molecular weight excluding hydrogens is 487 g/mol. The summed E-state index contributed by atoms with van der Waals surface area (Å²) in [6, 6.07) is 17.0. The molecule has 6 rings (SSSR count). The molecule has 184 valence electrons. The van der Waals surface area contributed by atoms with E-state index in [1.54, 1.807) is 18.5 Å². The van der Waals surface area contributed by atoms with Crippen molar-refractivity contribution in [2.45, 2.75) is 26.2 Å². The van der Waals surface area contributed by atoms with E-state index in [9.17, 15) is 9.18 Å². The lowest BCUT2D eigenvalue weighted by molar-refractivity contribution is -0.116. The van der Waals surface area contributed by atoms with E-state index in [4.69, 9.17) is 4.98 Å². The van der Waals surface area contributed by atoms with Gasteiger partial charge in [-0.25, -0.2) is 4.98 Å². The second-order valence-electron chi connectivity index (χ2n) is 8.83. The van der Waals surface area contributed by atoms with E-state index in [2.05, 4.69) is 32.4 Å². The van der Waals surface area contributed by atoms with Crippen molar-refractivity contribution in [2.24, 2.45) is 0 Å². The summed E-state index contributed by atoms with van der Waals surface area (Å²) in [7, 11) is 0. The van der Waals surface area contributed by atoms with Crippen molar-refractivity contribution in [2.75, 3.05) is 5.32 Å². The van der Waals surface area contributed by atoms with E-state index >= 15 is 0 Å². The Morgan fingerprint density at radius 1 is 1.08 bits per heavy atom. The highest BCUT2D eigenvalue weighted by atomic mass is 32.1. The monoisotopic (exact) mass is 510 g/mol. The lowest BCUT2D eigenvalue weighted by Crippen LogP contribution is -2.11. The van der Waals surface area contributed by atoms with Gasteiger partial charge in [0.25, 0.3) is 0 Å². The van der Waals surface area contributed by atoms with Crippen molar-refractivity contribution >= 4 is 44.9 Å². The molecule has 0 aliphatic carbocycles. The van der Waals surface area contributed by atoms with Crippen LogP contribution in [0.15, 0.2) is 67.0 Å². The second kappa shape index (κ2) is 9.59. The van der Waals surface area contributed by atoms with Gasteiger partial charge in [0, 0.05) is 39.5 Å². The quantitative estimate of drug-likeness (QED) is 0.212. The number of aromatic amines is 2. The summed E-state index contributed by atoms with van der Waals surface area (Å²) in [5.41, 5.74) is 7.06. The Bertz CT molecular complexity index is 1750. The zero-order valence-electron chi connectivity index (χ0n) is 20.0. The van der Waals surface area contributed by atoms with Crippen LogP contribution in [0.3, 0.4) is 0 Å². The number of nitrogens with one attached hydrogen (secondary N) is 3. The molecule has 1 amide bonds. The molecule has 37 heavy (non-hydrogen) atoms. The largest absolute Gasteiger partial charge is 0.353 e. The Morgan fingerprint density at radius 3 is 2.84 bits per heavy atom. The predicted molar refractivity (Wildman–Crippen MR) is 146 cm³/mol. The second-order valence-corrected chi connectivity index (χ2v) is 9.87. The number of unbranched alkanes of at least 4 members (excludes halogenated alkanes) is 1. The van der Waals surface area contributed by atoms with Gasteiger partial charge in [0.15, 0.2) is 5.13 Å². The normalized spacial score (nSPS) is 11.4. The number of H-pyrrole nitrogens is 2. The van der Waals surface area contributed by atoms with Crippen LogP contribution in [0.1, 0.15) is 26.2 Å². The molecule has 0 saturated heterocycles. The SMILES string of the molecule is CCCCC(=O)Nc1cncc(-c2ccc3[nH]nc(-c4cc5c(-c6ccc(F)s6)cccc5[nH]4)c3n2)c1. The van der Waals surface area contributed by atoms with Crippen molar-refractivity contribution in [1.82, 2.24) is 25.1 Å². The van der Waals surface area contributed by atoms with Gasteiger partial charge in [0.2, 0.25) is 5.91 Å². The first-order valence-corrected chi connectivity index (χ1v) is 12.9. The van der Waals surface area contributed by atoms with Gasteiger partial charge >= 0.3 is 0 Å². The molecule has 0 aliphatic heterocycles. The molecule has 5 heterocycles. The first-order chi connectivity index (χ1) is 18.1. The predicted octanol–water partition coefficient (Wildman–Crippen LogP) is 7.16. The van der Waals surface area contributed by atoms with Crippen LogP contribution < -0.4 is 5.32 Å². The number of thiophene rings is 1. The highest BCUT2D eigenvalue weighted by molar-refractivity contribution is 7.14. The average molecular weight is 511 g/mol. The number of halogens is 1. The van der Waals surface area contributed by atoms with Crippen LogP contribution in [0, 0.1) is 5.13 Å². The number of benzene rings is 1. The van der Waals surface area contributed by atoms with Crippen LogP contribution in [0.4, 0.5) is 10.1 Å². The molecule has 6 aromatic rings. The fourth-order valence-corrected chi connectivity index (χ4v) is 5.18. The third-order valence-corrected chi connectivity index (χ3v) is 7.15. The Labute approximate surface area is 215 Å². The van der Waals surface area contributed by atoms with Crippen molar-refractivity contribution in [3.63, 3.8) is 0 Å². The molecule has 0 spiro atoms. The summed E-state index contributed by atoms with van der Waals surface area (Å²) >= 11 is 1.13. The highest BCUT2D eigenvalue weighted by Gasteiger charge is 2.16. The minimum absolute atomic E-state index is 0.0233. The number of aromatic nitrogens is 5. The van der Waals surface area contributed by atoms with Gasteiger partial charge in [-0.3, -0.25) is 14.9 Å². The van der Waals surface area contributed by atoms with Crippen LogP contribution in [-0.4, -0.2) is 31.1 Å². The number of carbonyl (C=O) groups excluding carboxylic acids is 1. The summed E-state index contributed by atoms with van der Waals surface area (Å²) in [6.07, 6.45) is 5.66. The molecule has 3 N–H and O–H groups in total. The molecule has 7 nitrogen and oxygen atoms in total. The maximum atomic E-state index is 13.7. The van der Waals surface area contributed by atoms with Crippen molar-refractivity contribution in [3.05, 3.63) is 72.1 Å². The Morgan fingerprint density at radius 2 is 2.00 bits per heavy atom. The molecule has 9 heteroatoms. The van der Waals surface area contributed by atoms with Crippen molar-refractivity contribution < 1.29 is 9.18 Å². The average Bonchev–Trinajstić information content (AvgIpc) is 3.64. The van der Waals surface area contributed by atoms with Crippen molar-refractivity contribution in [1.29, 1.82) is 0 Å². The van der Waals surface area contributed by atoms with Gasteiger partial charge in [-0.05, 0) is 48.9 Å². The van der Waals surface area contributed by atoms with Gasteiger partial charge in [0.05, 0.1) is 28.8 Å². The number of amides is 1. The van der Waals surface area contributed by atoms with Crippen LogP contribution in [0.25, 0.3) is 55.0 Å². The summed E-state index contributed by atoms with van der Waals surface area (Å²) in [4.78, 5) is 25.7. The van der Waals surface area contributed by atoms with Crippen LogP contribution in [-0.2, 0) is 4.79 Å². The zero-order valence-corrected chi connectivity index (χ0v) is 20.8.